The van der Waals surface area contributed by atoms with Gasteiger partial charge >= 0.3 is 18.9 Å². The summed E-state index contributed by atoms with van der Waals surface area (Å²) in [6.45, 7) is 20.2. The van der Waals surface area contributed by atoms with Gasteiger partial charge in [-0.15, -0.1) is 12.1 Å². The molecule has 2 heteroatoms. The Bertz CT molecular complexity index is 346. The predicted molar refractivity (Wildman–Crippen MR) is 126 cm³/mol. The fraction of sp³-hybridized carbons (Fsp3) is 1.00. The first-order valence-corrected chi connectivity index (χ1v) is 12.3. The van der Waals surface area contributed by atoms with Crippen LogP contribution in [0.4, 0.5) is 0 Å². The Hall–Kier alpha value is 0.557. The van der Waals surface area contributed by atoms with Gasteiger partial charge in [-0.25, -0.2) is 0 Å². The number of hydrogen-bond donors (Lipinski definition) is 0. The molecule has 0 aromatic carbocycles. The van der Waals surface area contributed by atoms with E-state index in [1.165, 1.54) is 89.9 Å². The summed E-state index contributed by atoms with van der Waals surface area (Å²) in [6, 6.07) is 0. The number of hydrogen-bond acceptors (Lipinski definition) is 0. The third-order valence-electron chi connectivity index (χ3n) is 7.65. The van der Waals surface area contributed by atoms with Crippen LogP contribution in [0.15, 0.2) is 0 Å². The fourth-order valence-electron chi connectivity index (χ4n) is 4.11. The van der Waals surface area contributed by atoms with Crippen molar-refractivity contribution in [2.75, 3.05) is 6.54 Å². The molecule has 164 valence electrons. The second kappa shape index (κ2) is 16.3. The molecule has 0 rings (SSSR count). The summed E-state index contributed by atoms with van der Waals surface area (Å²) in [6.07, 6.45) is 19.2. The van der Waals surface area contributed by atoms with Crippen molar-refractivity contribution in [1.82, 2.24) is 0 Å². The zero-order valence-electron chi connectivity index (χ0n) is 21.6. The monoisotopic (exact) mass is 387 g/mol. The van der Waals surface area contributed by atoms with Gasteiger partial charge in [-0.3, -0.25) is 0 Å². The van der Waals surface area contributed by atoms with Gasteiger partial charge in [0.25, 0.3) is 0 Å². The molecular weight excluding hydrogens is 333 g/mol. The van der Waals surface area contributed by atoms with E-state index in [1.54, 1.807) is 0 Å². The maximum Gasteiger partial charge on any atom is 1.00 e. The summed E-state index contributed by atoms with van der Waals surface area (Å²) in [7, 11) is 0. The molecule has 0 aliphatic carbocycles. The van der Waals surface area contributed by atoms with Gasteiger partial charge in [-0.2, -0.15) is 0 Å². The number of rotatable bonds is 18. The molecule has 1 nitrogen and oxygen atoms in total. The van der Waals surface area contributed by atoms with Crippen LogP contribution in [0.2, 0.25) is 0 Å². The van der Waals surface area contributed by atoms with Gasteiger partial charge in [0.2, 0.25) is 0 Å². The summed E-state index contributed by atoms with van der Waals surface area (Å²) in [5.74, 6) is 0. The quantitative estimate of drug-likeness (QED) is 0.184. The third kappa shape index (κ3) is 11.7. The Balaban J connectivity index is 0. The Labute approximate surface area is 192 Å². The minimum atomic E-state index is 0. The SMILES string of the molecule is CCCCCCCCCC[N-]C(C)(C)C(C)(C)C(C)(C)CCCCCCC.[Li+]. The molecule has 0 N–H and O–H groups in total. The van der Waals surface area contributed by atoms with E-state index >= 15 is 0 Å². The maximum absolute atomic E-state index is 5.20. The van der Waals surface area contributed by atoms with Crippen LogP contribution >= 0.6 is 0 Å². The molecule has 0 bridgehead atoms. The van der Waals surface area contributed by atoms with Gasteiger partial charge in [0, 0.05) is 0 Å². The van der Waals surface area contributed by atoms with Crippen LogP contribution in [-0.2, 0) is 0 Å². The van der Waals surface area contributed by atoms with Gasteiger partial charge in [0.05, 0.1) is 0 Å². The molecule has 0 fully saturated rings. The second-order valence-electron chi connectivity index (χ2n) is 10.6. The van der Waals surface area contributed by atoms with Crippen LogP contribution in [0.25, 0.3) is 5.32 Å². The first-order valence-electron chi connectivity index (χ1n) is 12.3. The summed E-state index contributed by atoms with van der Waals surface area (Å²) >= 11 is 0. The molecule has 0 aromatic heterocycles. The average molecular weight is 388 g/mol. The van der Waals surface area contributed by atoms with E-state index < -0.39 is 0 Å². The van der Waals surface area contributed by atoms with Crippen LogP contribution in [0.1, 0.15) is 145 Å². The van der Waals surface area contributed by atoms with E-state index in [-0.39, 0.29) is 29.8 Å². The minimum absolute atomic E-state index is 0. The predicted octanol–water partition coefficient (Wildman–Crippen LogP) is 6.70. The molecule has 0 atom stereocenters. The first kappa shape index (κ1) is 30.7. The van der Waals surface area contributed by atoms with Crippen molar-refractivity contribution in [2.24, 2.45) is 10.8 Å². The smallest absolute Gasteiger partial charge is 0.657 e. The molecular formula is C26H54LiN. The molecule has 0 unspecified atom stereocenters. The Kier molecular flexibility index (Phi) is 17.9. The van der Waals surface area contributed by atoms with Crippen molar-refractivity contribution in [1.29, 1.82) is 0 Å². The summed E-state index contributed by atoms with van der Waals surface area (Å²) in [5, 5.41) is 5.20. The zero-order chi connectivity index (χ0) is 20.8. The van der Waals surface area contributed by atoms with Crippen LogP contribution in [0.5, 0.6) is 0 Å². The van der Waals surface area contributed by atoms with Crippen molar-refractivity contribution in [3.63, 3.8) is 0 Å². The molecule has 0 heterocycles. The van der Waals surface area contributed by atoms with Crippen LogP contribution in [0.3, 0.4) is 0 Å². The Morgan fingerprint density at radius 1 is 0.536 bits per heavy atom. The minimum Gasteiger partial charge on any atom is -0.657 e. The Morgan fingerprint density at radius 2 is 0.929 bits per heavy atom. The molecule has 0 aliphatic heterocycles. The van der Waals surface area contributed by atoms with Crippen molar-refractivity contribution < 1.29 is 18.9 Å². The fourth-order valence-corrected chi connectivity index (χ4v) is 4.11. The Morgan fingerprint density at radius 3 is 1.39 bits per heavy atom. The topological polar surface area (TPSA) is 14.1 Å². The van der Waals surface area contributed by atoms with Gasteiger partial charge < -0.3 is 5.32 Å². The van der Waals surface area contributed by atoms with E-state index in [0.717, 1.165) is 6.54 Å². The van der Waals surface area contributed by atoms with E-state index in [1.807, 2.05) is 0 Å². The average Bonchev–Trinajstić information content (AvgIpc) is 2.59. The van der Waals surface area contributed by atoms with Crippen molar-refractivity contribution in [3.8, 4) is 0 Å². The van der Waals surface area contributed by atoms with Crippen molar-refractivity contribution in [3.05, 3.63) is 5.32 Å². The molecule has 0 spiro atoms. The number of unbranched alkanes of at least 4 members (excludes halogenated alkanes) is 11. The normalized spacial score (nSPS) is 12.9. The number of nitrogens with zero attached hydrogens (tertiary/aromatic N) is 1. The van der Waals surface area contributed by atoms with Crippen LogP contribution in [0, 0.1) is 10.8 Å². The van der Waals surface area contributed by atoms with E-state index in [2.05, 4.69) is 55.4 Å². The van der Waals surface area contributed by atoms with E-state index in [9.17, 15) is 0 Å². The molecule has 0 saturated carbocycles. The third-order valence-corrected chi connectivity index (χ3v) is 7.65. The molecule has 0 radical (unpaired) electrons. The molecule has 28 heavy (non-hydrogen) atoms. The van der Waals surface area contributed by atoms with Gasteiger partial charge in [-0.05, 0) is 17.3 Å². The largest absolute Gasteiger partial charge is 1.00 e. The van der Waals surface area contributed by atoms with E-state index in [0.29, 0.717) is 5.41 Å². The molecule has 0 amide bonds. The van der Waals surface area contributed by atoms with Gasteiger partial charge in [0.15, 0.2) is 0 Å². The van der Waals surface area contributed by atoms with Crippen LogP contribution in [-0.4, -0.2) is 12.1 Å². The molecule has 0 aliphatic rings. The summed E-state index contributed by atoms with van der Waals surface area (Å²) in [4.78, 5) is 0. The van der Waals surface area contributed by atoms with Gasteiger partial charge in [0.1, 0.15) is 0 Å². The summed E-state index contributed by atoms with van der Waals surface area (Å²) in [5.41, 5.74) is 0.581. The summed E-state index contributed by atoms with van der Waals surface area (Å²) < 4.78 is 0. The zero-order valence-corrected chi connectivity index (χ0v) is 21.6. The standard InChI is InChI=1S/C26H54N.Li/c1-9-11-13-15-16-17-19-21-23-27-26(7,8)25(5,6)24(3,4)22-20-18-14-12-10-2;/h9-23H2,1-8H3;/q-1;+1. The van der Waals surface area contributed by atoms with Gasteiger partial charge in [-0.1, -0.05) is 139 Å². The van der Waals surface area contributed by atoms with E-state index in [4.69, 9.17) is 5.32 Å². The van der Waals surface area contributed by atoms with Crippen molar-refractivity contribution in [2.45, 2.75) is 151 Å². The maximum atomic E-state index is 5.20. The second-order valence-corrected chi connectivity index (χ2v) is 10.6. The van der Waals surface area contributed by atoms with Crippen LogP contribution < -0.4 is 18.9 Å². The van der Waals surface area contributed by atoms with Crippen molar-refractivity contribution >= 4 is 0 Å². The first-order chi connectivity index (χ1) is 12.6. The molecule has 0 aromatic rings. The molecule has 0 saturated heterocycles.